The summed E-state index contributed by atoms with van der Waals surface area (Å²) in [5.74, 6) is -0.822. The first-order chi connectivity index (χ1) is 7.35. The molecule has 0 fully saturated rings. The van der Waals surface area contributed by atoms with E-state index >= 15 is 0 Å². The summed E-state index contributed by atoms with van der Waals surface area (Å²) >= 11 is 0. The van der Waals surface area contributed by atoms with Crippen molar-refractivity contribution in [1.82, 2.24) is 4.72 Å². The molecule has 7 heteroatoms. The Hall–Kier alpha value is -0.660. The van der Waals surface area contributed by atoms with Gasteiger partial charge in [-0.2, -0.15) is 0 Å². The third-order valence-electron chi connectivity index (χ3n) is 2.14. The molecule has 96 valence electrons. The lowest BCUT2D eigenvalue weighted by molar-refractivity contribution is -0.139. The van der Waals surface area contributed by atoms with Crippen LogP contribution in [0.2, 0.25) is 0 Å². The van der Waals surface area contributed by atoms with Gasteiger partial charge in [0.25, 0.3) is 0 Å². The fraction of sp³-hybridized carbons (Fsp3) is 0.889. The van der Waals surface area contributed by atoms with E-state index in [1.165, 1.54) is 6.92 Å². The van der Waals surface area contributed by atoms with Gasteiger partial charge in [0, 0.05) is 6.54 Å². The second-order valence-electron chi connectivity index (χ2n) is 3.50. The highest BCUT2D eigenvalue weighted by atomic mass is 32.2. The summed E-state index contributed by atoms with van der Waals surface area (Å²) in [7, 11) is -2.64. The number of carbonyl (C=O) groups excluding carboxylic acids is 1. The molecule has 0 aliphatic carbocycles. The Balaban J connectivity index is 4.30. The number of ether oxygens (including phenoxy) is 1. The Bertz CT molecular complexity index is 314. The molecule has 0 saturated heterocycles. The molecule has 0 rings (SSSR count). The molecule has 6 nitrogen and oxygen atoms in total. The molecule has 0 aliphatic heterocycles. The van der Waals surface area contributed by atoms with Crippen molar-refractivity contribution in [1.29, 1.82) is 0 Å². The van der Waals surface area contributed by atoms with E-state index in [0.717, 1.165) is 13.5 Å². The number of carbonyl (C=O) groups is 1. The van der Waals surface area contributed by atoms with Crippen molar-refractivity contribution in [2.45, 2.75) is 38.0 Å². The van der Waals surface area contributed by atoms with Gasteiger partial charge < -0.3 is 9.84 Å². The largest absolute Gasteiger partial charge is 0.468 e. The number of esters is 1. The molecular formula is C9H19NO5S. The summed E-state index contributed by atoms with van der Waals surface area (Å²) in [6.45, 7) is 3.03. The number of nitrogens with one attached hydrogen (secondary N) is 1. The highest BCUT2D eigenvalue weighted by Crippen LogP contribution is 2.02. The third-order valence-corrected chi connectivity index (χ3v) is 3.83. The quantitative estimate of drug-likeness (QED) is 0.604. The zero-order valence-corrected chi connectivity index (χ0v) is 10.6. The predicted octanol–water partition coefficient (Wildman–Crippen LogP) is -0.372. The molecule has 0 aromatic carbocycles. The van der Waals surface area contributed by atoms with Gasteiger partial charge in [-0.15, -0.1) is 0 Å². The highest BCUT2D eigenvalue weighted by Gasteiger charge is 2.28. The summed E-state index contributed by atoms with van der Waals surface area (Å²) in [5, 5.41) is 8.08. The normalized spacial score (nSPS) is 15.5. The molecule has 16 heavy (non-hydrogen) atoms. The van der Waals surface area contributed by atoms with E-state index < -0.39 is 27.3 Å². The maximum absolute atomic E-state index is 11.5. The molecule has 2 unspecified atom stereocenters. The van der Waals surface area contributed by atoms with Crippen molar-refractivity contribution < 1.29 is 23.1 Å². The number of aliphatic hydroxyl groups excluding tert-OH is 1. The number of aliphatic hydroxyl groups is 1. The van der Waals surface area contributed by atoms with E-state index in [1.807, 2.05) is 6.92 Å². The topological polar surface area (TPSA) is 92.7 Å². The lowest BCUT2D eigenvalue weighted by Gasteiger charge is -2.14. The second kappa shape index (κ2) is 6.82. The van der Waals surface area contributed by atoms with Crippen molar-refractivity contribution in [3.05, 3.63) is 0 Å². The van der Waals surface area contributed by atoms with Gasteiger partial charge in [0.15, 0.2) is 5.25 Å². The number of sulfonamides is 1. The monoisotopic (exact) mass is 253 g/mol. The summed E-state index contributed by atoms with van der Waals surface area (Å²) < 4.78 is 29.5. The first-order valence-corrected chi connectivity index (χ1v) is 6.64. The Morgan fingerprint density at radius 2 is 2.06 bits per heavy atom. The molecule has 0 spiro atoms. The number of hydrogen-bond donors (Lipinski definition) is 2. The van der Waals surface area contributed by atoms with E-state index in [0.29, 0.717) is 6.42 Å². The number of hydrogen-bond acceptors (Lipinski definition) is 5. The van der Waals surface area contributed by atoms with Gasteiger partial charge in [0.2, 0.25) is 10.0 Å². The van der Waals surface area contributed by atoms with E-state index in [4.69, 9.17) is 0 Å². The van der Waals surface area contributed by atoms with Crippen LogP contribution in [0.15, 0.2) is 0 Å². The van der Waals surface area contributed by atoms with Gasteiger partial charge in [-0.05, 0) is 13.3 Å². The lowest BCUT2D eigenvalue weighted by Crippen LogP contribution is -2.41. The molecular weight excluding hydrogens is 234 g/mol. The molecule has 0 heterocycles. The van der Waals surface area contributed by atoms with Crippen molar-refractivity contribution in [2.75, 3.05) is 13.7 Å². The fourth-order valence-corrected chi connectivity index (χ4v) is 2.09. The summed E-state index contributed by atoms with van der Waals surface area (Å²) in [4.78, 5) is 11.0. The molecule has 0 amide bonds. The number of rotatable bonds is 7. The molecule has 0 aromatic heterocycles. The Morgan fingerprint density at radius 1 is 1.50 bits per heavy atom. The van der Waals surface area contributed by atoms with Crippen molar-refractivity contribution in [3.8, 4) is 0 Å². The molecule has 0 bridgehead atoms. The lowest BCUT2D eigenvalue weighted by atomic mass is 10.2. The minimum absolute atomic E-state index is 0.0858. The first kappa shape index (κ1) is 15.3. The summed E-state index contributed by atoms with van der Waals surface area (Å²) in [6, 6.07) is 0. The third kappa shape index (κ3) is 4.91. The Labute approximate surface area is 96.0 Å². The molecule has 2 atom stereocenters. The second-order valence-corrected chi connectivity index (χ2v) is 5.59. The van der Waals surface area contributed by atoms with Crippen molar-refractivity contribution >= 4 is 16.0 Å². The standard InChI is InChI=1S/C9H19NO5S/c1-4-5-8(11)6-10-16(13,14)7(2)9(12)15-3/h7-8,10-11H,4-6H2,1-3H3. The summed E-state index contributed by atoms with van der Waals surface area (Å²) in [6.07, 6.45) is 0.537. The van der Waals surface area contributed by atoms with Crippen molar-refractivity contribution in [2.24, 2.45) is 0 Å². The van der Waals surface area contributed by atoms with Crippen LogP contribution in [0.25, 0.3) is 0 Å². The number of methoxy groups -OCH3 is 1. The average Bonchev–Trinajstić information content (AvgIpc) is 2.25. The zero-order valence-electron chi connectivity index (χ0n) is 9.76. The Kier molecular flexibility index (Phi) is 6.54. The van der Waals surface area contributed by atoms with E-state index in [1.54, 1.807) is 0 Å². The molecule has 0 aromatic rings. The zero-order chi connectivity index (χ0) is 12.8. The van der Waals surface area contributed by atoms with Gasteiger partial charge in [-0.1, -0.05) is 13.3 Å². The smallest absolute Gasteiger partial charge is 0.325 e. The summed E-state index contributed by atoms with van der Waals surface area (Å²) in [5.41, 5.74) is 0. The average molecular weight is 253 g/mol. The van der Waals surface area contributed by atoms with E-state index in [9.17, 15) is 18.3 Å². The van der Waals surface area contributed by atoms with Gasteiger partial charge >= 0.3 is 5.97 Å². The van der Waals surface area contributed by atoms with Crippen LogP contribution < -0.4 is 4.72 Å². The van der Waals surface area contributed by atoms with Gasteiger partial charge in [-0.3, -0.25) is 4.79 Å². The molecule has 0 radical (unpaired) electrons. The van der Waals surface area contributed by atoms with Gasteiger partial charge in [0.1, 0.15) is 0 Å². The van der Waals surface area contributed by atoms with E-state index in [2.05, 4.69) is 9.46 Å². The van der Waals surface area contributed by atoms with Gasteiger partial charge in [0.05, 0.1) is 13.2 Å². The van der Waals surface area contributed by atoms with Crippen LogP contribution in [-0.4, -0.2) is 44.5 Å². The van der Waals surface area contributed by atoms with Crippen LogP contribution >= 0.6 is 0 Å². The van der Waals surface area contributed by atoms with Crippen LogP contribution in [0.3, 0.4) is 0 Å². The van der Waals surface area contributed by atoms with Crippen molar-refractivity contribution in [3.63, 3.8) is 0 Å². The van der Waals surface area contributed by atoms with Crippen LogP contribution in [0.1, 0.15) is 26.7 Å². The minimum Gasteiger partial charge on any atom is -0.468 e. The first-order valence-electron chi connectivity index (χ1n) is 5.09. The minimum atomic E-state index is -3.77. The maximum atomic E-state index is 11.5. The van der Waals surface area contributed by atoms with Crippen LogP contribution in [0, 0.1) is 0 Å². The van der Waals surface area contributed by atoms with E-state index in [-0.39, 0.29) is 6.54 Å². The maximum Gasteiger partial charge on any atom is 0.325 e. The highest BCUT2D eigenvalue weighted by molar-refractivity contribution is 7.90. The van der Waals surface area contributed by atoms with Gasteiger partial charge in [-0.25, -0.2) is 13.1 Å². The van der Waals surface area contributed by atoms with Crippen LogP contribution in [0.5, 0.6) is 0 Å². The molecule has 2 N–H and O–H groups in total. The van der Waals surface area contributed by atoms with Crippen LogP contribution in [-0.2, 0) is 19.6 Å². The molecule has 0 saturated carbocycles. The Morgan fingerprint density at radius 3 is 2.50 bits per heavy atom. The fourth-order valence-electron chi connectivity index (χ4n) is 1.07. The molecule has 0 aliphatic rings. The van der Waals surface area contributed by atoms with Crippen LogP contribution in [0.4, 0.5) is 0 Å². The SMILES string of the molecule is CCCC(O)CNS(=O)(=O)C(C)C(=O)OC. The predicted molar refractivity (Wildman–Crippen MR) is 59.3 cm³/mol.